The molecule has 6 heteroatoms. The average Bonchev–Trinajstić information content (AvgIpc) is 2.74. The Bertz CT molecular complexity index is 1140. The van der Waals surface area contributed by atoms with Gasteiger partial charge in [-0.15, -0.1) is 13.2 Å². The smallest absolute Gasteiger partial charge is 0.403 e. The summed E-state index contributed by atoms with van der Waals surface area (Å²) in [6, 6.07) is 11.8. The van der Waals surface area contributed by atoms with Crippen LogP contribution in [-0.4, -0.2) is 6.36 Å². The summed E-state index contributed by atoms with van der Waals surface area (Å²) >= 11 is 0. The van der Waals surface area contributed by atoms with Crippen molar-refractivity contribution in [3.8, 4) is 17.6 Å². The first-order valence-electron chi connectivity index (χ1n) is 10.6. The van der Waals surface area contributed by atoms with Gasteiger partial charge in [0.15, 0.2) is 11.6 Å². The van der Waals surface area contributed by atoms with E-state index in [1.807, 2.05) is 12.1 Å². The molecule has 0 aliphatic rings. The minimum atomic E-state index is -4.99. The Balaban J connectivity index is 1.75. The van der Waals surface area contributed by atoms with Crippen molar-refractivity contribution < 1.29 is 26.7 Å². The standard InChI is InChI=1S/C26H23F5O/c1-2-3-4-5-6-7-18-9-14-22-21(16-18)13-12-20(25(22)28)11-8-19-10-15-24(23(27)17-19)32-26(29,30)31/h9-10,12-17H,2-7H2,1H3. The van der Waals surface area contributed by atoms with Crippen LogP contribution in [0.4, 0.5) is 22.0 Å². The number of fused-ring (bicyclic) bond motifs is 1. The predicted octanol–water partition coefficient (Wildman–Crippen LogP) is 7.93. The van der Waals surface area contributed by atoms with Crippen LogP contribution in [0.5, 0.6) is 5.75 Å². The van der Waals surface area contributed by atoms with Gasteiger partial charge < -0.3 is 4.74 Å². The van der Waals surface area contributed by atoms with Gasteiger partial charge >= 0.3 is 6.36 Å². The molecular formula is C26H23F5O. The topological polar surface area (TPSA) is 9.23 Å². The van der Waals surface area contributed by atoms with E-state index in [1.165, 1.54) is 31.7 Å². The van der Waals surface area contributed by atoms with Crippen LogP contribution in [0, 0.1) is 23.5 Å². The lowest BCUT2D eigenvalue weighted by atomic mass is 10.00. The highest BCUT2D eigenvalue weighted by molar-refractivity contribution is 5.85. The molecule has 0 aliphatic carbocycles. The summed E-state index contributed by atoms with van der Waals surface area (Å²) in [5.74, 6) is 2.59. The number of halogens is 5. The van der Waals surface area contributed by atoms with Crippen LogP contribution in [-0.2, 0) is 6.42 Å². The van der Waals surface area contributed by atoms with Crippen molar-refractivity contribution in [1.29, 1.82) is 0 Å². The van der Waals surface area contributed by atoms with Crippen molar-refractivity contribution in [1.82, 2.24) is 0 Å². The fraction of sp³-hybridized carbons (Fsp3) is 0.308. The molecule has 32 heavy (non-hydrogen) atoms. The Morgan fingerprint density at radius 1 is 0.844 bits per heavy atom. The largest absolute Gasteiger partial charge is 0.573 e. The minimum Gasteiger partial charge on any atom is -0.403 e. The minimum absolute atomic E-state index is 0.106. The lowest BCUT2D eigenvalue weighted by Gasteiger charge is -2.09. The zero-order chi connectivity index (χ0) is 23.1. The molecule has 0 saturated heterocycles. The van der Waals surface area contributed by atoms with Crippen LogP contribution in [0.3, 0.4) is 0 Å². The molecule has 168 valence electrons. The van der Waals surface area contributed by atoms with E-state index in [2.05, 4.69) is 23.5 Å². The van der Waals surface area contributed by atoms with Crippen LogP contribution in [0.2, 0.25) is 0 Å². The Kier molecular flexibility index (Phi) is 7.74. The summed E-state index contributed by atoms with van der Waals surface area (Å²) in [7, 11) is 0. The van der Waals surface area contributed by atoms with Crippen molar-refractivity contribution in [3.05, 3.63) is 76.9 Å². The molecule has 0 amide bonds. The maximum absolute atomic E-state index is 14.9. The SMILES string of the molecule is CCCCCCCc1ccc2c(F)c(C#Cc3ccc(OC(F)(F)F)c(F)c3)ccc2c1. The summed E-state index contributed by atoms with van der Waals surface area (Å²) < 4.78 is 69.0. The number of aryl methyl sites for hydroxylation is 1. The highest BCUT2D eigenvalue weighted by Gasteiger charge is 2.32. The lowest BCUT2D eigenvalue weighted by molar-refractivity contribution is -0.275. The summed E-state index contributed by atoms with van der Waals surface area (Å²) in [4.78, 5) is 0. The molecule has 0 fully saturated rings. The zero-order valence-corrected chi connectivity index (χ0v) is 17.7. The second-order valence-corrected chi connectivity index (χ2v) is 7.59. The molecule has 0 bridgehead atoms. The van der Waals surface area contributed by atoms with Gasteiger partial charge in [-0.2, -0.15) is 0 Å². The second kappa shape index (κ2) is 10.5. The van der Waals surface area contributed by atoms with E-state index in [0.29, 0.717) is 5.39 Å². The van der Waals surface area contributed by atoms with Gasteiger partial charge in [-0.25, -0.2) is 8.78 Å². The van der Waals surface area contributed by atoms with E-state index in [4.69, 9.17) is 0 Å². The van der Waals surface area contributed by atoms with Crippen LogP contribution in [0.1, 0.15) is 55.7 Å². The third-order valence-electron chi connectivity index (χ3n) is 5.09. The van der Waals surface area contributed by atoms with Gasteiger partial charge in [0.1, 0.15) is 5.82 Å². The van der Waals surface area contributed by atoms with Gasteiger partial charge in [0.25, 0.3) is 0 Å². The number of rotatable bonds is 7. The molecule has 0 aliphatic heterocycles. The predicted molar refractivity (Wildman–Crippen MR) is 115 cm³/mol. The number of alkyl halides is 3. The van der Waals surface area contributed by atoms with E-state index in [0.717, 1.165) is 35.9 Å². The van der Waals surface area contributed by atoms with E-state index < -0.39 is 23.7 Å². The van der Waals surface area contributed by atoms with Crippen molar-refractivity contribution in [3.63, 3.8) is 0 Å². The molecule has 0 aromatic heterocycles. The number of benzene rings is 3. The monoisotopic (exact) mass is 446 g/mol. The maximum atomic E-state index is 14.9. The summed E-state index contributed by atoms with van der Waals surface area (Å²) in [5, 5.41) is 1.21. The summed E-state index contributed by atoms with van der Waals surface area (Å²) in [5.41, 5.74) is 1.39. The quantitative estimate of drug-likeness (QED) is 0.203. The fourth-order valence-electron chi connectivity index (χ4n) is 3.45. The Hall–Kier alpha value is -3.07. The maximum Gasteiger partial charge on any atom is 0.573 e. The first kappa shape index (κ1) is 23.6. The zero-order valence-electron chi connectivity index (χ0n) is 17.7. The van der Waals surface area contributed by atoms with Crippen molar-refractivity contribution in [2.24, 2.45) is 0 Å². The molecule has 3 aromatic rings. The van der Waals surface area contributed by atoms with Crippen molar-refractivity contribution in [2.75, 3.05) is 0 Å². The van der Waals surface area contributed by atoms with E-state index in [1.54, 1.807) is 18.2 Å². The van der Waals surface area contributed by atoms with Crippen LogP contribution in [0.25, 0.3) is 10.8 Å². The lowest BCUT2D eigenvalue weighted by Crippen LogP contribution is -2.17. The summed E-state index contributed by atoms with van der Waals surface area (Å²) in [6.07, 6.45) is 1.90. The Morgan fingerprint density at radius 3 is 2.34 bits per heavy atom. The highest BCUT2D eigenvalue weighted by atomic mass is 19.4. The number of unbranched alkanes of at least 4 members (excludes halogenated alkanes) is 4. The molecule has 0 unspecified atom stereocenters. The second-order valence-electron chi connectivity index (χ2n) is 7.59. The van der Waals surface area contributed by atoms with Crippen LogP contribution >= 0.6 is 0 Å². The van der Waals surface area contributed by atoms with Gasteiger partial charge in [-0.05, 0) is 48.1 Å². The van der Waals surface area contributed by atoms with Gasteiger partial charge in [0.2, 0.25) is 0 Å². The molecule has 0 N–H and O–H groups in total. The first-order chi connectivity index (χ1) is 15.3. The van der Waals surface area contributed by atoms with Crippen molar-refractivity contribution in [2.45, 2.75) is 51.8 Å². The number of ether oxygens (including phenoxy) is 1. The van der Waals surface area contributed by atoms with Crippen LogP contribution < -0.4 is 4.74 Å². The van der Waals surface area contributed by atoms with Crippen molar-refractivity contribution >= 4 is 10.8 Å². The molecule has 3 aromatic carbocycles. The molecule has 0 radical (unpaired) electrons. The van der Waals surface area contributed by atoms with E-state index in [-0.39, 0.29) is 11.1 Å². The van der Waals surface area contributed by atoms with Crippen LogP contribution in [0.15, 0.2) is 48.5 Å². The van der Waals surface area contributed by atoms with Gasteiger partial charge in [-0.1, -0.05) is 68.7 Å². The third-order valence-corrected chi connectivity index (χ3v) is 5.09. The molecule has 0 saturated carbocycles. The summed E-state index contributed by atoms with van der Waals surface area (Å²) in [6.45, 7) is 2.18. The van der Waals surface area contributed by atoms with Gasteiger partial charge in [-0.3, -0.25) is 0 Å². The number of hydrogen-bond donors (Lipinski definition) is 0. The number of hydrogen-bond acceptors (Lipinski definition) is 1. The van der Waals surface area contributed by atoms with Gasteiger partial charge in [0.05, 0.1) is 5.56 Å². The Labute approximate surface area is 184 Å². The van der Waals surface area contributed by atoms with Gasteiger partial charge in [0, 0.05) is 10.9 Å². The normalized spacial score (nSPS) is 11.3. The molecule has 1 nitrogen and oxygen atoms in total. The van der Waals surface area contributed by atoms with E-state index in [9.17, 15) is 22.0 Å². The first-order valence-corrected chi connectivity index (χ1v) is 10.6. The fourth-order valence-corrected chi connectivity index (χ4v) is 3.45. The Morgan fingerprint density at radius 2 is 1.62 bits per heavy atom. The third kappa shape index (κ3) is 6.46. The molecule has 0 heterocycles. The van der Waals surface area contributed by atoms with E-state index >= 15 is 0 Å². The molecule has 0 atom stereocenters. The average molecular weight is 446 g/mol. The molecular weight excluding hydrogens is 423 g/mol. The highest BCUT2D eigenvalue weighted by Crippen LogP contribution is 2.26. The molecule has 0 spiro atoms. The molecule has 3 rings (SSSR count).